The molecule has 0 saturated carbocycles. The van der Waals surface area contributed by atoms with Crippen molar-refractivity contribution in [3.8, 4) is 11.5 Å². The van der Waals surface area contributed by atoms with Gasteiger partial charge in [-0.2, -0.15) is 0 Å². The number of carbonyl (C=O) groups is 1. The maximum atomic E-state index is 12.2. The average molecular weight is 325 g/mol. The zero-order valence-corrected chi connectivity index (χ0v) is 14.4. The topological polar surface area (TPSA) is 47.6 Å². The summed E-state index contributed by atoms with van der Waals surface area (Å²) in [5, 5.41) is 2.90. The fourth-order valence-electron chi connectivity index (χ4n) is 2.35. The first-order valence-electron chi connectivity index (χ1n) is 7.80. The first kappa shape index (κ1) is 17.6. The maximum absolute atomic E-state index is 12.2. The molecular weight excluding hydrogens is 302 g/mol. The minimum atomic E-state index is -0.153. The van der Waals surface area contributed by atoms with Crippen molar-refractivity contribution in [2.45, 2.75) is 13.3 Å². The van der Waals surface area contributed by atoms with Crippen LogP contribution in [0.1, 0.15) is 16.7 Å². The second kappa shape index (κ2) is 8.20. The van der Waals surface area contributed by atoms with Crippen LogP contribution in [0.5, 0.6) is 11.5 Å². The number of carbonyl (C=O) groups excluding carboxylic acids is 1. The summed E-state index contributed by atoms with van der Waals surface area (Å²) >= 11 is 0. The summed E-state index contributed by atoms with van der Waals surface area (Å²) in [5.41, 5.74) is 3.53. The van der Waals surface area contributed by atoms with Gasteiger partial charge in [-0.05, 0) is 36.6 Å². The molecule has 2 aromatic rings. The van der Waals surface area contributed by atoms with Gasteiger partial charge in [0.1, 0.15) is 0 Å². The van der Waals surface area contributed by atoms with Crippen LogP contribution in [-0.4, -0.2) is 26.7 Å². The lowest BCUT2D eigenvalue weighted by Gasteiger charge is -2.11. The van der Waals surface area contributed by atoms with Crippen LogP contribution in [0, 0.1) is 6.92 Å². The van der Waals surface area contributed by atoms with E-state index in [1.807, 2.05) is 49.4 Å². The van der Waals surface area contributed by atoms with Gasteiger partial charge in [-0.25, -0.2) is 0 Å². The second-order valence-electron chi connectivity index (χ2n) is 5.54. The molecule has 0 saturated heterocycles. The molecule has 2 rings (SSSR count). The highest BCUT2D eigenvalue weighted by Crippen LogP contribution is 2.27. The van der Waals surface area contributed by atoms with Gasteiger partial charge in [-0.15, -0.1) is 0 Å². The van der Waals surface area contributed by atoms with Gasteiger partial charge < -0.3 is 14.8 Å². The van der Waals surface area contributed by atoms with Gasteiger partial charge in [-0.1, -0.05) is 42.5 Å². The predicted octanol–water partition coefficient (Wildman–Crippen LogP) is 3.38. The van der Waals surface area contributed by atoms with E-state index in [2.05, 4.69) is 11.9 Å². The third-order valence-corrected chi connectivity index (χ3v) is 3.82. The zero-order valence-electron chi connectivity index (χ0n) is 14.4. The molecular formula is C20H23NO3. The van der Waals surface area contributed by atoms with E-state index >= 15 is 0 Å². The average Bonchev–Trinajstić information content (AvgIpc) is 2.61. The van der Waals surface area contributed by atoms with Gasteiger partial charge >= 0.3 is 0 Å². The Balaban J connectivity index is 1.90. The highest BCUT2D eigenvalue weighted by Gasteiger charge is 2.09. The number of hydrogen-bond donors (Lipinski definition) is 1. The number of methoxy groups -OCH3 is 2. The van der Waals surface area contributed by atoms with Crippen molar-refractivity contribution in [2.75, 3.05) is 20.8 Å². The number of benzene rings is 2. The van der Waals surface area contributed by atoms with Gasteiger partial charge in [0.25, 0.3) is 5.91 Å². The summed E-state index contributed by atoms with van der Waals surface area (Å²) in [6.07, 6.45) is 0.702. The van der Waals surface area contributed by atoms with Crippen LogP contribution < -0.4 is 14.8 Å². The summed E-state index contributed by atoms with van der Waals surface area (Å²) in [5.74, 6) is 1.22. The zero-order chi connectivity index (χ0) is 17.5. The lowest BCUT2D eigenvalue weighted by molar-refractivity contribution is -0.115. The quantitative estimate of drug-likeness (QED) is 0.794. The van der Waals surface area contributed by atoms with E-state index in [1.165, 1.54) is 0 Å². The number of ether oxygens (including phenoxy) is 2. The molecule has 0 aliphatic rings. The monoisotopic (exact) mass is 325 g/mol. The molecule has 0 fully saturated rings. The molecule has 0 aromatic heterocycles. The number of hydrogen-bond acceptors (Lipinski definition) is 3. The van der Waals surface area contributed by atoms with E-state index in [0.717, 1.165) is 16.7 Å². The van der Waals surface area contributed by atoms with Crippen molar-refractivity contribution in [3.05, 3.63) is 65.7 Å². The largest absolute Gasteiger partial charge is 0.493 e. The summed E-state index contributed by atoms with van der Waals surface area (Å²) in [6.45, 7) is 6.42. The molecule has 4 heteroatoms. The normalized spacial score (nSPS) is 10.1. The lowest BCUT2D eigenvalue weighted by atomic mass is 10.1. The van der Waals surface area contributed by atoms with Crippen LogP contribution >= 0.6 is 0 Å². The standard InChI is InChI=1S/C20H23NO3/c1-14-5-8-17(9-6-14)15(2)20(22)21-12-11-16-7-10-18(23-3)19(13-16)24-4/h5-10,13H,2,11-12H2,1,3-4H3,(H,21,22). The Morgan fingerprint density at radius 3 is 2.33 bits per heavy atom. The van der Waals surface area contributed by atoms with Crippen molar-refractivity contribution in [1.29, 1.82) is 0 Å². The number of amides is 1. The molecule has 1 N–H and O–H groups in total. The first-order valence-corrected chi connectivity index (χ1v) is 7.80. The Morgan fingerprint density at radius 1 is 1.04 bits per heavy atom. The van der Waals surface area contributed by atoms with Gasteiger partial charge in [0.15, 0.2) is 11.5 Å². The first-order chi connectivity index (χ1) is 11.5. The predicted molar refractivity (Wildman–Crippen MR) is 96.5 cm³/mol. The van der Waals surface area contributed by atoms with Crippen LogP contribution in [0.3, 0.4) is 0 Å². The van der Waals surface area contributed by atoms with Crippen molar-refractivity contribution >= 4 is 11.5 Å². The molecule has 1 amide bonds. The van der Waals surface area contributed by atoms with Gasteiger partial charge in [0.05, 0.1) is 14.2 Å². The third-order valence-electron chi connectivity index (χ3n) is 3.82. The minimum Gasteiger partial charge on any atom is -0.493 e. The minimum absolute atomic E-state index is 0.153. The van der Waals surface area contributed by atoms with Gasteiger partial charge in [0.2, 0.25) is 0 Å². The van der Waals surface area contributed by atoms with Crippen LogP contribution in [0.4, 0.5) is 0 Å². The van der Waals surface area contributed by atoms with E-state index in [1.54, 1.807) is 14.2 Å². The van der Waals surface area contributed by atoms with Crippen LogP contribution in [0.25, 0.3) is 5.57 Å². The molecule has 0 bridgehead atoms. The number of rotatable bonds is 7. The van der Waals surface area contributed by atoms with Crippen molar-refractivity contribution in [1.82, 2.24) is 5.32 Å². The second-order valence-corrected chi connectivity index (χ2v) is 5.54. The molecule has 2 aromatic carbocycles. The summed E-state index contributed by atoms with van der Waals surface area (Å²) in [4.78, 5) is 12.2. The Bertz CT molecular complexity index is 720. The Morgan fingerprint density at radius 2 is 1.71 bits per heavy atom. The fourth-order valence-corrected chi connectivity index (χ4v) is 2.35. The smallest absolute Gasteiger partial charge is 0.251 e. The van der Waals surface area contributed by atoms with E-state index in [9.17, 15) is 4.79 Å². The van der Waals surface area contributed by atoms with Crippen LogP contribution in [0.15, 0.2) is 49.0 Å². The molecule has 126 valence electrons. The SMILES string of the molecule is C=C(C(=O)NCCc1ccc(OC)c(OC)c1)c1ccc(C)cc1. The van der Waals surface area contributed by atoms with Crippen molar-refractivity contribution in [2.24, 2.45) is 0 Å². The molecule has 0 aliphatic heterocycles. The van der Waals surface area contributed by atoms with Crippen molar-refractivity contribution < 1.29 is 14.3 Å². The Kier molecular flexibility index (Phi) is 6.01. The lowest BCUT2D eigenvalue weighted by Crippen LogP contribution is -2.26. The molecule has 0 atom stereocenters. The van der Waals surface area contributed by atoms with E-state index in [-0.39, 0.29) is 5.91 Å². The summed E-state index contributed by atoms with van der Waals surface area (Å²) < 4.78 is 10.5. The van der Waals surface area contributed by atoms with E-state index in [0.29, 0.717) is 30.0 Å². The molecule has 0 heterocycles. The molecule has 0 unspecified atom stereocenters. The van der Waals surface area contributed by atoms with Crippen molar-refractivity contribution in [3.63, 3.8) is 0 Å². The summed E-state index contributed by atoms with van der Waals surface area (Å²) in [6, 6.07) is 13.5. The molecule has 4 nitrogen and oxygen atoms in total. The Hall–Kier alpha value is -2.75. The molecule has 0 spiro atoms. The maximum Gasteiger partial charge on any atom is 0.251 e. The van der Waals surface area contributed by atoms with Crippen LogP contribution in [-0.2, 0) is 11.2 Å². The highest BCUT2D eigenvalue weighted by atomic mass is 16.5. The molecule has 24 heavy (non-hydrogen) atoms. The fraction of sp³-hybridized carbons (Fsp3) is 0.250. The van der Waals surface area contributed by atoms with Crippen LogP contribution in [0.2, 0.25) is 0 Å². The summed E-state index contributed by atoms with van der Waals surface area (Å²) in [7, 11) is 3.21. The van der Waals surface area contributed by atoms with Gasteiger partial charge in [-0.3, -0.25) is 4.79 Å². The molecule has 0 aliphatic carbocycles. The molecule has 0 radical (unpaired) electrons. The number of aryl methyl sites for hydroxylation is 1. The Labute approximate surface area is 143 Å². The third kappa shape index (κ3) is 4.38. The number of nitrogens with one attached hydrogen (secondary N) is 1. The van der Waals surface area contributed by atoms with Gasteiger partial charge in [0, 0.05) is 12.1 Å². The van der Waals surface area contributed by atoms with E-state index < -0.39 is 0 Å². The highest BCUT2D eigenvalue weighted by molar-refractivity contribution is 6.18. The van der Waals surface area contributed by atoms with E-state index in [4.69, 9.17) is 9.47 Å².